The maximum atomic E-state index is 12.3. The second-order valence-electron chi connectivity index (χ2n) is 7.94. The normalized spacial score (nSPS) is 15.1. The molecule has 1 aliphatic heterocycles. The monoisotopic (exact) mass is 443 g/mol. The average Bonchev–Trinajstić information content (AvgIpc) is 3.18. The number of anilines is 1. The van der Waals surface area contributed by atoms with E-state index in [1.807, 2.05) is 55.3 Å². The first-order valence-electron chi connectivity index (χ1n) is 11.0. The molecule has 1 aliphatic rings. The number of nitrogens with zero attached hydrogens (tertiary/aromatic N) is 4. The van der Waals surface area contributed by atoms with Gasteiger partial charge in [-0.1, -0.05) is 17.7 Å². The topological polar surface area (TPSA) is 68.8 Å². The molecule has 31 heavy (non-hydrogen) atoms. The Morgan fingerprint density at radius 2 is 1.71 bits per heavy atom. The summed E-state index contributed by atoms with van der Waals surface area (Å²) in [6, 6.07) is 7.79. The van der Waals surface area contributed by atoms with Crippen molar-refractivity contribution in [2.45, 2.75) is 33.7 Å². The van der Waals surface area contributed by atoms with Gasteiger partial charge < -0.3 is 10.2 Å². The van der Waals surface area contributed by atoms with Crippen LogP contribution in [0.25, 0.3) is 0 Å². The van der Waals surface area contributed by atoms with Crippen LogP contribution in [-0.4, -0.2) is 77.3 Å². The summed E-state index contributed by atoms with van der Waals surface area (Å²) in [4.78, 5) is 35.7. The van der Waals surface area contributed by atoms with Gasteiger partial charge in [0, 0.05) is 56.9 Å². The van der Waals surface area contributed by atoms with E-state index in [1.165, 1.54) is 16.9 Å². The molecule has 1 fully saturated rings. The van der Waals surface area contributed by atoms with Gasteiger partial charge in [-0.25, -0.2) is 4.98 Å². The molecule has 0 radical (unpaired) electrons. The third kappa shape index (κ3) is 7.12. The summed E-state index contributed by atoms with van der Waals surface area (Å²) in [6.07, 6.45) is 0.291. The number of hydrogen-bond acceptors (Lipinski definition) is 6. The van der Waals surface area contributed by atoms with E-state index in [1.54, 1.807) is 0 Å². The Morgan fingerprint density at radius 3 is 2.35 bits per heavy atom. The lowest BCUT2D eigenvalue weighted by atomic mass is 10.2. The van der Waals surface area contributed by atoms with E-state index in [0.717, 1.165) is 62.2 Å². The Kier molecular flexibility index (Phi) is 8.57. The van der Waals surface area contributed by atoms with E-state index in [2.05, 4.69) is 20.1 Å². The number of likely N-dealkylation sites (N-methyl/N-ethyl adjacent to an activating group) is 1. The molecule has 2 heterocycles. The smallest absolute Gasteiger partial charge is 0.236 e. The SMILES string of the molecule is CCN(CC)C(=O)CN1CCN(Cc2csc(CC(=O)Nc3ccc(C)cc3)n2)CC1. The number of aromatic nitrogens is 1. The molecular weight excluding hydrogens is 410 g/mol. The largest absolute Gasteiger partial charge is 0.342 e. The molecule has 2 amide bonds. The molecule has 1 saturated heterocycles. The zero-order valence-electron chi connectivity index (χ0n) is 18.8. The second-order valence-corrected chi connectivity index (χ2v) is 8.88. The van der Waals surface area contributed by atoms with Crippen LogP contribution in [0.5, 0.6) is 0 Å². The summed E-state index contributed by atoms with van der Waals surface area (Å²) >= 11 is 1.54. The van der Waals surface area contributed by atoms with Crippen molar-refractivity contribution < 1.29 is 9.59 Å². The van der Waals surface area contributed by atoms with Crippen LogP contribution in [-0.2, 0) is 22.6 Å². The average molecular weight is 444 g/mol. The number of carbonyl (C=O) groups is 2. The van der Waals surface area contributed by atoms with Crippen molar-refractivity contribution in [3.8, 4) is 0 Å². The second kappa shape index (κ2) is 11.4. The van der Waals surface area contributed by atoms with E-state index in [4.69, 9.17) is 0 Å². The van der Waals surface area contributed by atoms with E-state index < -0.39 is 0 Å². The van der Waals surface area contributed by atoms with Crippen molar-refractivity contribution in [3.05, 3.63) is 45.9 Å². The highest BCUT2D eigenvalue weighted by Crippen LogP contribution is 2.15. The number of piperazine rings is 1. The summed E-state index contributed by atoms with van der Waals surface area (Å²) in [5.41, 5.74) is 2.99. The molecule has 7 nitrogen and oxygen atoms in total. The minimum Gasteiger partial charge on any atom is -0.342 e. The van der Waals surface area contributed by atoms with Crippen molar-refractivity contribution in [3.63, 3.8) is 0 Å². The first-order valence-corrected chi connectivity index (χ1v) is 11.9. The number of benzene rings is 1. The van der Waals surface area contributed by atoms with Crippen molar-refractivity contribution in [2.24, 2.45) is 0 Å². The van der Waals surface area contributed by atoms with Crippen molar-refractivity contribution in [1.29, 1.82) is 0 Å². The Hall–Kier alpha value is -2.29. The lowest BCUT2D eigenvalue weighted by Crippen LogP contribution is -2.49. The summed E-state index contributed by atoms with van der Waals surface area (Å²) in [5.74, 6) is 0.169. The number of aryl methyl sites for hydroxylation is 1. The molecule has 1 N–H and O–H groups in total. The summed E-state index contributed by atoms with van der Waals surface area (Å²) in [6.45, 7) is 12.5. The molecule has 1 aromatic carbocycles. The van der Waals surface area contributed by atoms with Crippen molar-refractivity contribution >= 4 is 28.8 Å². The van der Waals surface area contributed by atoms with Gasteiger partial charge in [-0.3, -0.25) is 19.4 Å². The predicted octanol–water partition coefficient (Wildman–Crippen LogP) is 2.62. The quantitative estimate of drug-likeness (QED) is 0.645. The molecule has 0 saturated carbocycles. The fraction of sp³-hybridized carbons (Fsp3) is 0.522. The van der Waals surface area contributed by atoms with Crippen LogP contribution in [0.3, 0.4) is 0 Å². The predicted molar refractivity (Wildman–Crippen MR) is 125 cm³/mol. The molecule has 3 rings (SSSR count). The van der Waals surface area contributed by atoms with Gasteiger partial charge in [0.1, 0.15) is 5.01 Å². The summed E-state index contributed by atoms with van der Waals surface area (Å²) < 4.78 is 0. The van der Waals surface area contributed by atoms with Gasteiger partial charge in [-0.05, 0) is 32.9 Å². The van der Waals surface area contributed by atoms with Gasteiger partial charge >= 0.3 is 0 Å². The zero-order valence-corrected chi connectivity index (χ0v) is 19.6. The van der Waals surface area contributed by atoms with Crippen LogP contribution in [0.4, 0.5) is 5.69 Å². The lowest BCUT2D eigenvalue weighted by molar-refractivity contribution is -0.132. The standard InChI is InChI=1S/C23H33N5O2S/c1-4-28(5-2)23(30)16-27-12-10-26(11-13-27)15-20-17-31-22(25-20)14-21(29)24-19-8-6-18(3)7-9-19/h6-9,17H,4-5,10-16H2,1-3H3,(H,24,29). The van der Waals surface area contributed by atoms with Crippen LogP contribution < -0.4 is 5.32 Å². The minimum absolute atomic E-state index is 0.0452. The van der Waals surface area contributed by atoms with Crippen LogP contribution in [0.2, 0.25) is 0 Å². The van der Waals surface area contributed by atoms with Gasteiger partial charge in [0.2, 0.25) is 11.8 Å². The van der Waals surface area contributed by atoms with Crippen LogP contribution >= 0.6 is 11.3 Å². The number of rotatable bonds is 9. The Bertz CT molecular complexity index is 855. The molecule has 1 aromatic heterocycles. The van der Waals surface area contributed by atoms with E-state index in [9.17, 15) is 9.59 Å². The number of carbonyl (C=O) groups excluding carboxylic acids is 2. The highest BCUT2D eigenvalue weighted by molar-refractivity contribution is 7.09. The molecule has 0 atom stereocenters. The van der Waals surface area contributed by atoms with Gasteiger partial charge in [0.25, 0.3) is 0 Å². The third-order valence-corrected chi connectivity index (χ3v) is 6.47. The number of hydrogen-bond donors (Lipinski definition) is 1. The highest BCUT2D eigenvalue weighted by atomic mass is 32.1. The summed E-state index contributed by atoms with van der Waals surface area (Å²) in [5, 5.41) is 5.81. The van der Waals surface area contributed by atoms with Gasteiger partial charge in [0.05, 0.1) is 18.7 Å². The zero-order chi connectivity index (χ0) is 22.2. The van der Waals surface area contributed by atoms with E-state index in [-0.39, 0.29) is 11.8 Å². The molecule has 8 heteroatoms. The molecule has 0 unspecified atom stereocenters. The Balaban J connectivity index is 1.41. The fourth-order valence-corrected chi connectivity index (χ4v) is 4.47. The molecule has 0 bridgehead atoms. The molecular formula is C23H33N5O2S. The van der Waals surface area contributed by atoms with Crippen molar-refractivity contribution in [1.82, 2.24) is 19.7 Å². The van der Waals surface area contributed by atoms with E-state index in [0.29, 0.717) is 13.0 Å². The third-order valence-electron chi connectivity index (χ3n) is 5.57. The molecule has 0 spiro atoms. The molecule has 2 aromatic rings. The van der Waals surface area contributed by atoms with Gasteiger partial charge in [0.15, 0.2) is 0 Å². The maximum absolute atomic E-state index is 12.3. The van der Waals surface area contributed by atoms with Crippen LogP contribution in [0.1, 0.15) is 30.1 Å². The summed E-state index contributed by atoms with van der Waals surface area (Å²) in [7, 11) is 0. The highest BCUT2D eigenvalue weighted by Gasteiger charge is 2.21. The lowest BCUT2D eigenvalue weighted by Gasteiger charge is -2.34. The Labute approximate surface area is 189 Å². The van der Waals surface area contributed by atoms with E-state index >= 15 is 0 Å². The number of amides is 2. The van der Waals surface area contributed by atoms with Gasteiger partial charge in [-0.15, -0.1) is 11.3 Å². The number of thiazole rings is 1. The maximum Gasteiger partial charge on any atom is 0.236 e. The number of nitrogens with one attached hydrogen (secondary N) is 1. The van der Waals surface area contributed by atoms with Gasteiger partial charge in [-0.2, -0.15) is 0 Å². The molecule has 168 valence electrons. The Morgan fingerprint density at radius 1 is 1.06 bits per heavy atom. The first kappa shape index (κ1) is 23.4. The van der Waals surface area contributed by atoms with Crippen molar-refractivity contribution in [2.75, 3.05) is 51.1 Å². The molecule has 0 aliphatic carbocycles. The van der Waals surface area contributed by atoms with Crippen LogP contribution in [0.15, 0.2) is 29.6 Å². The fourth-order valence-electron chi connectivity index (χ4n) is 3.68. The minimum atomic E-state index is -0.0452. The van der Waals surface area contributed by atoms with Crippen LogP contribution in [0, 0.1) is 6.92 Å². The first-order chi connectivity index (χ1) is 15.0.